The smallest absolute Gasteiger partial charge is 0.206 e. The van der Waals surface area contributed by atoms with Crippen molar-refractivity contribution in [3.8, 4) is 5.95 Å². The Bertz CT molecular complexity index is 252. The third-order valence-electron chi connectivity index (χ3n) is 0.904. The first-order valence-corrected chi connectivity index (χ1v) is 3.30. The maximum absolute atomic E-state index is 3.91. The van der Waals surface area contributed by atoms with Crippen LogP contribution in [0.5, 0.6) is 0 Å². The highest BCUT2D eigenvalue weighted by atomic mass is 32.1. The summed E-state index contributed by atoms with van der Waals surface area (Å²) < 4.78 is 5.31. The molecule has 0 aromatic carbocycles. The molecule has 6 nitrogen and oxygen atoms in total. The van der Waals surface area contributed by atoms with E-state index in [9.17, 15) is 0 Å². The molecule has 0 aliphatic heterocycles. The van der Waals surface area contributed by atoms with E-state index >= 15 is 0 Å². The van der Waals surface area contributed by atoms with Crippen LogP contribution in [0.3, 0.4) is 0 Å². The third-order valence-corrected chi connectivity index (χ3v) is 1.37. The summed E-state index contributed by atoms with van der Waals surface area (Å²) in [6, 6.07) is 0. The molecule has 0 amide bonds. The molecule has 0 aliphatic rings. The third kappa shape index (κ3) is 0.760. The van der Waals surface area contributed by atoms with E-state index in [1.807, 2.05) is 0 Å². The number of tetrazole rings is 1. The van der Waals surface area contributed by atoms with Crippen molar-refractivity contribution in [3.63, 3.8) is 0 Å². The maximum atomic E-state index is 3.91. The predicted octanol–water partition coefficient (Wildman–Crippen LogP) is -0.486. The van der Waals surface area contributed by atoms with Gasteiger partial charge in [-0.2, -0.15) is 9.06 Å². The molecule has 0 unspecified atom stereocenters. The van der Waals surface area contributed by atoms with Gasteiger partial charge in [-0.15, -0.1) is 5.10 Å². The quantitative estimate of drug-likeness (QED) is 0.554. The van der Waals surface area contributed by atoms with Crippen LogP contribution in [0.4, 0.5) is 0 Å². The molecule has 7 heteroatoms. The highest BCUT2D eigenvalue weighted by Gasteiger charge is 1.98. The van der Waals surface area contributed by atoms with Crippen LogP contribution in [0, 0.1) is 0 Å². The lowest BCUT2D eigenvalue weighted by molar-refractivity contribution is 0.760. The first-order valence-electron chi connectivity index (χ1n) is 2.46. The summed E-state index contributed by atoms with van der Waals surface area (Å²) in [7, 11) is 0. The minimum Gasteiger partial charge on any atom is -0.206 e. The average molecular weight is 154 g/mol. The van der Waals surface area contributed by atoms with Gasteiger partial charge in [0.2, 0.25) is 0 Å². The zero-order chi connectivity index (χ0) is 6.81. The van der Waals surface area contributed by atoms with Gasteiger partial charge in [0, 0.05) is 0 Å². The van der Waals surface area contributed by atoms with Gasteiger partial charge in [-0.25, -0.2) is 4.98 Å². The van der Waals surface area contributed by atoms with Crippen molar-refractivity contribution in [1.82, 2.24) is 29.6 Å². The number of aromatic nitrogens is 6. The Hall–Kier alpha value is -1.37. The Balaban J connectivity index is 2.48. The molecule has 0 saturated carbocycles. The fourth-order valence-electron chi connectivity index (χ4n) is 0.519. The van der Waals surface area contributed by atoms with E-state index in [0.29, 0.717) is 5.95 Å². The van der Waals surface area contributed by atoms with Gasteiger partial charge < -0.3 is 0 Å². The first kappa shape index (κ1) is 5.42. The summed E-state index contributed by atoms with van der Waals surface area (Å²) >= 11 is 1.26. The largest absolute Gasteiger partial charge is 0.265 e. The summed E-state index contributed by atoms with van der Waals surface area (Å²) in [5, 5.41) is 10.5. The summed E-state index contributed by atoms with van der Waals surface area (Å²) in [6.07, 6.45) is 1.45. The standard InChI is InChI=1S/C3H2N6S/c1-5-7-8-9(1)3-4-2-10-6-3/h1-2H. The molecule has 2 rings (SSSR count). The van der Waals surface area contributed by atoms with Gasteiger partial charge in [-0.3, -0.25) is 0 Å². The van der Waals surface area contributed by atoms with Gasteiger partial charge in [-0.05, 0) is 22.0 Å². The van der Waals surface area contributed by atoms with Crippen LogP contribution in [0.1, 0.15) is 0 Å². The fourth-order valence-corrected chi connectivity index (χ4v) is 0.933. The van der Waals surface area contributed by atoms with E-state index in [4.69, 9.17) is 0 Å². The van der Waals surface area contributed by atoms with Gasteiger partial charge in [-0.1, -0.05) is 0 Å². The van der Waals surface area contributed by atoms with Crippen LogP contribution in [0.15, 0.2) is 11.8 Å². The fraction of sp³-hybridized carbons (Fsp3) is 0. The van der Waals surface area contributed by atoms with Gasteiger partial charge in [0.05, 0.1) is 0 Å². The molecule has 0 aliphatic carbocycles. The van der Waals surface area contributed by atoms with Crippen molar-refractivity contribution in [1.29, 1.82) is 0 Å². The van der Waals surface area contributed by atoms with E-state index in [0.717, 1.165) is 0 Å². The van der Waals surface area contributed by atoms with Crippen LogP contribution in [-0.4, -0.2) is 29.6 Å². The Labute approximate surface area is 59.7 Å². The second-order valence-corrected chi connectivity index (χ2v) is 2.09. The maximum Gasteiger partial charge on any atom is 0.265 e. The monoisotopic (exact) mass is 154 g/mol. The highest BCUT2D eigenvalue weighted by molar-refractivity contribution is 7.03. The Kier molecular flexibility index (Phi) is 1.14. The Morgan fingerprint density at radius 3 is 3.10 bits per heavy atom. The van der Waals surface area contributed by atoms with E-state index in [1.54, 1.807) is 5.51 Å². The predicted molar refractivity (Wildman–Crippen MR) is 32.6 cm³/mol. The number of nitrogens with zero attached hydrogens (tertiary/aromatic N) is 6. The molecular formula is C3H2N6S. The molecule has 10 heavy (non-hydrogen) atoms. The first-order chi connectivity index (χ1) is 4.97. The normalized spacial score (nSPS) is 10.0. The SMILES string of the molecule is c1nc(-n2cnnn2)ns1. The summed E-state index contributed by atoms with van der Waals surface area (Å²) in [4.78, 5) is 3.89. The van der Waals surface area contributed by atoms with Crippen LogP contribution < -0.4 is 0 Å². The molecule has 0 fully saturated rings. The number of hydrogen-bond acceptors (Lipinski definition) is 6. The molecule has 0 N–H and O–H groups in total. The number of hydrogen-bond donors (Lipinski definition) is 0. The van der Waals surface area contributed by atoms with Gasteiger partial charge >= 0.3 is 0 Å². The summed E-state index contributed by atoms with van der Waals surface area (Å²) in [5.74, 6) is 0.509. The topological polar surface area (TPSA) is 69.4 Å². The molecule has 2 aromatic rings. The van der Waals surface area contributed by atoms with Crippen molar-refractivity contribution in [3.05, 3.63) is 11.8 Å². The average Bonchev–Trinajstić information content (AvgIpc) is 2.59. The summed E-state index contributed by atoms with van der Waals surface area (Å²) in [6.45, 7) is 0. The van der Waals surface area contributed by atoms with Crippen LogP contribution in [0.25, 0.3) is 5.95 Å². The van der Waals surface area contributed by atoms with Crippen LogP contribution >= 0.6 is 11.5 Å². The molecule has 2 heterocycles. The molecule has 0 saturated heterocycles. The molecule has 0 spiro atoms. The molecule has 2 aromatic heterocycles. The van der Waals surface area contributed by atoms with E-state index in [-0.39, 0.29) is 0 Å². The zero-order valence-electron chi connectivity index (χ0n) is 4.75. The van der Waals surface area contributed by atoms with Crippen molar-refractivity contribution < 1.29 is 0 Å². The van der Waals surface area contributed by atoms with Crippen molar-refractivity contribution in [2.24, 2.45) is 0 Å². The highest BCUT2D eigenvalue weighted by Crippen LogP contribution is 1.96. The van der Waals surface area contributed by atoms with Crippen molar-refractivity contribution in [2.45, 2.75) is 0 Å². The van der Waals surface area contributed by atoms with Gasteiger partial charge in [0.25, 0.3) is 5.95 Å². The Morgan fingerprint density at radius 1 is 1.50 bits per heavy atom. The van der Waals surface area contributed by atoms with Crippen LogP contribution in [-0.2, 0) is 0 Å². The van der Waals surface area contributed by atoms with Crippen LogP contribution in [0.2, 0.25) is 0 Å². The van der Waals surface area contributed by atoms with Gasteiger partial charge in [0.1, 0.15) is 11.8 Å². The zero-order valence-corrected chi connectivity index (χ0v) is 5.56. The van der Waals surface area contributed by atoms with E-state index in [1.165, 1.54) is 22.5 Å². The molecular weight excluding hydrogens is 152 g/mol. The second kappa shape index (κ2) is 2.10. The molecule has 50 valence electrons. The van der Waals surface area contributed by atoms with Gasteiger partial charge in [0.15, 0.2) is 0 Å². The van der Waals surface area contributed by atoms with Crippen molar-refractivity contribution in [2.75, 3.05) is 0 Å². The molecule has 0 bridgehead atoms. The lowest BCUT2D eigenvalue weighted by Crippen LogP contribution is -1.96. The minimum absolute atomic E-state index is 0.509. The minimum atomic E-state index is 0.509. The van der Waals surface area contributed by atoms with E-state index in [2.05, 4.69) is 24.9 Å². The van der Waals surface area contributed by atoms with Crippen molar-refractivity contribution >= 4 is 11.5 Å². The lowest BCUT2D eigenvalue weighted by Gasteiger charge is -1.84. The molecule has 0 radical (unpaired) electrons. The number of rotatable bonds is 1. The summed E-state index contributed by atoms with van der Waals surface area (Å²) in [5.41, 5.74) is 1.62. The molecule has 0 atom stereocenters. The van der Waals surface area contributed by atoms with E-state index < -0.39 is 0 Å². The second-order valence-electron chi connectivity index (χ2n) is 1.49. The Morgan fingerprint density at radius 2 is 2.50 bits per heavy atom. The lowest BCUT2D eigenvalue weighted by atomic mass is 11.0.